The standard InChI is InChI=1S/C31H31ClN2O3/c1-19(2)16-29(36)34-27-11-7-6-10-25(27)33-26-17-21(20-12-14-22(37-3)15-13-20)18-28(35)30(26)31(34)23-8-4-5-9-24(23)32/h4-15,19,21,31,33H,16-18H2,1-3H3/t21-,31-/m1/s1. The predicted molar refractivity (Wildman–Crippen MR) is 148 cm³/mol. The maximum atomic E-state index is 14.0. The first-order valence-corrected chi connectivity index (χ1v) is 13.1. The van der Waals surface area contributed by atoms with Crippen LogP contribution >= 0.6 is 11.6 Å². The van der Waals surface area contributed by atoms with Gasteiger partial charge < -0.3 is 10.1 Å². The highest BCUT2D eigenvalue weighted by atomic mass is 35.5. The summed E-state index contributed by atoms with van der Waals surface area (Å²) in [6.07, 6.45) is 1.37. The summed E-state index contributed by atoms with van der Waals surface area (Å²) in [5, 5.41) is 4.10. The Balaban J connectivity index is 1.68. The fraction of sp³-hybridized carbons (Fsp3) is 0.290. The molecule has 3 aromatic rings. The molecule has 6 heteroatoms. The summed E-state index contributed by atoms with van der Waals surface area (Å²) < 4.78 is 5.32. The van der Waals surface area contributed by atoms with Crippen LogP contribution in [0.4, 0.5) is 11.4 Å². The van der Waals surface area contributed by atoms with Gasteiger partial charge in [0.25, 0.3) is 0 Å². The number of methoxy groups -OCH3 is 1. The third-order valence-electron chi connectivity index (χ3n) is 7.13. The number of carbonyl (C=O) groups excluding carboxylic acids is 2. The van der Waals surface area contributed by atoms with Gasteiger partial charge in [0, 0.05) is 29.1 Å². The minimum Gasteiger partial charge on any atom is -0.497 e. The number of hydrogen-bond acceptors (Lipinski definition) is 4. The van der Waals surface area contributed by atoms with Crippen LogP contribution in [0.25, 0.3) is 0 Å². The van der Waals surface area contributed by atoms with Crippen molar-refractivity contribution < 1.29 is 14.3 Å². The summed E-state index contributed by atoms with van der Waals surface area (Å²) in [7, 11) is 1.64. The summed E-state index contributed by atoms with van der Waals surface area (Å²) in [5.41, 5.74) is 4.86. The molecule has 5 nitrogen and oxygen atoms in total. The van der Waals surface area contributed by atoms with E-state index in [1.807, 2.05) is 86.6 Å². The topological polar surface area (TPSA) is 58.6 Å². The van der Waals surface area contributed by atoms with Crippen molar-refractivity contribution in [2.75, 3.05) is 17.3 Å². The van der Waals surface area contributed by atoms with Gasteiger partial charge >= 0.3 is 0 Å². The van der Waals surface area contributed by atoms with E-state index in [4.69, 9.17) is 16.3 Å². The second kappa shape index (κ2) is 10.4. The number of allylic oxidation sites excluding steroid dienone is 1. The van der Waals surface area contributed by atoms with Crippen LogP contribution in [0.3, 0.4) is 0 Å². The van der Waals surface area contributed by atoms with Crippen LogP contribution < -0.4 is 15.0 Å². The first-order valence-electron chi connectivity index (χ1n) is 12.7. The van der Waals surface area contributed by atoms with E-state index >= 15 is 0 Å². The molecule has 1 aliphatic heterocycles. The van der Waals surface area contributed by atoms with Gasteiger partial charge in [-0.1, -0.05) is 67.9 Å². The molecule has 37 heavy (non-hydrogen) atoms. The van der Waals surface area contributed by atoms with E-state index in [9.17, 15) is 9.59 Å². The van der Waals surface area contributed by atoms with Crippen molar-refractivity contribution in [3.05, 3.63) is 100 Å². The van der Waals surface area contributed by atoms with Gasteiger partial charge in [-0.05, 0) is 59.7 Å². The first kappa shape index (κ1) is 25.1. The fourth-order valence-electron chi connectivity index (χ4n) is 5.42. The SMILES string of the molecule is COc1ccc([C@H]2CC(=O)C3=C(C2)Nc2ccccc2N(C(=O)CC(C)C)[C@@H]3c2ccccc2Cl)cc1. The molecule has 1 heterocycles. The number of ether oxygens (including phenoxy) is 1. The Hall–Kier alpha value is -3.57. The quantitative estimate of drug-likeness (QED) is 0.388. The smallest absolute Gasteiger partial charge is 0.228 e. The maximum Gasteiger partial charge on any atom is 0.228 e. The number of nitrogens with one attached hydrogen (secondary N) is 1. The Kier molecular flexibility index (Phi) is 7.07. The molecule has 5 rings (SSSR count). The number of hydrogen-bond donors (Lipinski definition) is 1. The van der Waals surface area contributed by atoms with Crippen molar-refractivity contribution in [2.24, 2.45) is 5.92 Å². The average Bonchev–Trinajstić information content (AvgIpc) is 3.03. The molecule has 0 saturated carbocycles. The Morgan fingerprint density at radius 1 is 1.03 bits per heavy atom. The Bertz CT molecular complexity index is 1360. The number of ketones is 1. The van der Waals surface area contributed by atoms with Gasteiger partial charge in [-0.25, -0.2) is 0 Å². The van der Waals surface area contributed by atoms with Crippen molar-refractivity contribution in [1.82, 2.24) is 0 Å². The highest BCUT2D eigenvalue weighted by Crippen LogP contribution is 2.48. The number of amides is 1. The lowest BCUT2D eigenvalue weighted by molar-refractivity contribution is -0.119. The number of carbonyl (C=O) groups is 2. The summed E-state index contributed by atoms with van der Waals surface area (Å²) in [6.45, 7) is 4.06. The third kappa shape index (κ3) is 4.88. The Labute approximate surface area is 223 Å². The maximum absolute atomic E-state index is 14.0. The zero-order valence-electron chi connectivity index (χ0n) is 21.3. The molecule has 0 radical (unpaired) electrons. The largest absolute Gasteiger partial charge is 0.497 e. The summed E-state index contributed by atoms with van der Waals surface area (Å²) in [6, 6.07) is 22.6. The highest BCUT2D eigenvalue weighted by Gasteiger charge is 2.42. The lowest BCUT2D eigenvalue weighted by atomic mass is 9.78. The zero-order chi connectivity index (χ0) is 26.1. The molecule has 0 saturated heterocycles. The lowest BCUT2D eigenvalue weighted by Gasteiger charge is -2.36. The average molecular weight is 515 g/mol. The van der Waals surface area contributed by atoms with Crippen LogP contribution in [0.2, 0.25) is 5.02 Å². The Morgan fingerprint density at radius 3 is 2.43 bits per heavy atom. The molecule has 0 aromatic heterocycles. The lowest BCUT2D eigenvalue weighted by Crippen LogP contribution is -2.39. The molecule has 0 fully saturated rings. The number of halogens is 1. The Morgan fingerprint density at radius 2 is 1.73 bits per heavy atom. The van der Waals surface area contributed by atoms with Crippen LogP contribution in [0, 0.1) is 5.92 Å². The molecular weight excluding hydrogens is 484 g/mol. The monoisotopic (exact) mass is 514 g/mol. The minimum atomic E-state index is -0.615. The van der Waals surface area contributed by atoms with Crippen molar-refractivity contribution in [2.45, 2.75) is 45.1 Å². The summed E-state index contributed by atoms with van der Waals surface area (Å²) >= 11 is 6.74. The minimum absolute atomic E-state index is 0.0154. The molecule has 0 unspecified atom stereocenters. The number of benzene rings is 3. The van der Waals surface area contributed by atoms with Crippen LogP contribution in [0.5, 0.6) is 5.75 Å². The van der Waals surface area contributed by atoms with Crippen LogP contribution in [0.1, 0.15) is 56.2 Å². The molecule has 0 bridgehead atoms. The summed E-state index contributed by atoms with van der Waals surface area (Å²) in [4.78, 5) is 29.7. The van der Waals surface area contributed by atoms with Gasteiger partial charge in [0.05, 0.1) is 24.5 Å². The number of anilines is 2. The van der Waals surface area contributed by atoms with Crippen molar-refractivity contribution in [3.63, 3.8) is 0 Å². The number of nitrogens with zero attached hydrogens (tertiary/aromatic N) is 1. The first-order chi connectivity index (χ1) is 17.9. The summed E-state index contributed by atoms with van der Waals surface area (Å²) in [5.74, 6) is 0.951. The number of para-hydroxylation sites is 2. The predicted octanol–water partition coefficient (Wildman–Crippen LogP) is 7.30. The molecule has 1 aliphatic carbocycles. The van der Waals surface area contributed by atoms with Crippen LogP contribution in [-0.2, 0) is 9.59 Å². The molecule has 1 N–H and O–H groups in total. The van der Waals surface area contributed by atoms with Gasteiger partial charge in [-0.2, -0.15) is 0 Å². The van der Waals surface area contributed by atoms with Crippen molar-refractivity contribution in [3.8, 4) is 5.75 Å². The van der Waals surface area contributed by atoms with Gasteiger partial charge in [0.2, 0.25) is 5.91 Å². The molecular formula is C31H31ClN2O3. The van der Waals surface area contributed by atoms with Gasteiger partial charge in [-0.15, -0.1) is 0 Å². The number of Topliss-reactive ketones (excluding diaryl/α,β-unsaturated/α-hetero) is 1. The van der Waals surface area contributed by atoms with E-state index in [0.717, 1.165) is 33.9 Å². The third-order valence-corrected chi connectivity index (χ3v) is 7.47. The fourth-order valence-corrected chi connectivity index (χ4v) is 5.65. The van der Waals surface area contributed by atoms with E-state index in [1.54, 1.807) is 12.0 Å². The van der Waals surface area contributed by atoms with E-state index in [2.05, 4.69) is 5.32 Å². The second-order valence-electron chi connectivity index (χ2n) is 10.1. The van der Waals surface area contributed by atoms with Crippen LogP contribution in [-0.4, -0.2) is 18.8 Å². The van der Waals surface area contributed by atoms with Crippen molar-refractivity contribution in [1.29, 1.82) is 0 Å². The molecule has 1 amide bonds. The highest BCUT2D eigenvalue weighted by molar-refractivity contribution is 6.31. The van der Waals surface area contributed by atoms with Gasteiger partial charge in [-0.3, -0.25) is 14.5 Å². The van der Waals surface area contributed by atoms with E-state index in [1.165, 1.54) is 0 Å². The normalized spacial score (nSPS) is 19.2. The van der Waals surface area contributed by atoms with Gasteiger partial charge in [0.15, 0.2) is 5.78 Å². The molecule has 3 aromatic carbocycles. The van der Waals surface area contributed by atoms with Crippen LogP contribution in [0.15, 0.2) is 84.1 Å². The van der Waals surface area contributed by atoms with E-state index in [-0.39, 0.29) is 23.5 Å². The van der Waals surface area contributed by atoms with E-state index in [0.29, 0.717) is 29.9 Å². The molecule has 2 atom stereocenters. The molecule has 0 spiro atoms. The molecule has 190 valence electrons. The second-order valence-corrected chi connectivity index (χ2v) is 10.5. The number of rotatable bonds is 5. The van der Waals surface area contributed by atoms with E-state index < -0.39 is 6.04 Å². The molecule has 2 aliphatic rings. The number of fused-ring (bicyclic) bond motifs is 1. The van der Waals surface area contributed by atoms with Gasteiger partial charge in [0.1, 0.15) is 5.75 Å². The zero-order valence-corrected chi connectivity index (χ0v) is 22.1. The van der Waals surface area contributed by atoms with Crippen molar-refractivity contribution >= 4 is 34.7 Å².